The van der Waals surface area contributed by atoms with E-state index < -0.39 is 0 Å². The number of halogens is 1. The van der Waals surface area contributed by atoms with Crippen LogP contribution in [0.2, 0.25) is 0 Å². The van der Waals surface area contributed by atoms with Crippen molar-refractivity contribution in [3.05, 3.63) is 156 Å². The fourth-order valence-corrected chi connectivity index (χ4v) is 7.37. The number of thiazole rings is 1. The number of aromatic nitrogens is 1. The Morgan fingerprint density at radius 1 is 0.625 bits per heavy atom. The lowest BCUT2D eigenvalue weighted by Gasteiger charge is -2.20. The van der Waals surface area contributed by atoms with Crippen molar-refractivity contribution in [3.63, 3.8) is 0 Å². The Labute approximate surface area is 283 Å². The number of para-hydroxylation sites is 1. The molecule has 8 rings (SSSR count). The zero-order valence-electron chi connectivity index (χ0n) is 27.0. The smallest absolute Gasteiger partial charge is 0.126 e. The van der Waals surface area contributed by atoms with Crippen LogP contribution in [-0.2, 0) is 5.41 Å². The molecular weight excluding hydrogens is 608 g/mol. The number of hydrogen-bond acceptors (Lipinski definition) is 3. The standard InChI is InChI=1S/C44H33FN2S/c1-44(2,3)35-25-39(33-18-17-31-23-30(15-16-32(31)24-33)28-19-21-36(45)22-20-28)42-41(26-35)48-43(47-42)38-13-6-7-14-40(38)46-27-34-11-8-10-29-9-4-5-12-37(29)34/h4-27H,1-3H3. The minimum atomic E-state index is -0.227. The largest absolute Gasteiger partial charge is 0.256 e. The number of rotatable bonds is 5. The Balaban J connectivity index is 1.22. The summed E-state index contributed by atoms with van der Waals surface area (Å²) in [6.07, 6.45) is 1.97. The van der Waals surface area contributed by atoms with Crippen LogP contribution in [0.1, 0.15) is 31.9 Å². The van der Waals surface area contributed by atoms with E-state index in [1.807, 2.05) is 24.4 Å². The van der Waals surface area contributed by atoms with Gasteiger partial charge in [-0.2, -0.15) is 0 Å². The minimum Gasteiger partial charge on any atom is -0.256 e. The van der Waals surface area contributed by atoms with Gasteiger partial charge < -0.3 is 0 Å². The normalized spacial score (nSPS) is 12.1. The molecule has 0 bridgehead atoms. The molecule has 0 amide bonds. The van der Waals surface area contributed by atoms with Crippen molar-refractivity contribution < 1.29 is 4.39 Å². The van der Waals surface area contributed by atoms with Crippen LogP contribution in [-0.4, -0.2) is 11.2 Å². The van der Waals surface area contributed by atoms with E-state index in [0.717, 1.165) is 65.1 Å². The van der Waals surface area contributed by atoms with Gasteiger partial charge in [-0.15, -0.1) is 11.3 Å². The molecule has 1 heterocycles. The molecule has 2 nitrogen and oxygen atoms in total. The molecule has 232 valence electrons. The summed E-state index contributed by atoms with van der Waals surface area (Å²) in [6.45, 7) is 6.78. The van der Waals surface area contributed by atoms with Crippen LogP contribution in [0.4, 0.5) is 10.1 Å². The summed E-state index contributed by atoms with van der Waals surface area (Å²) < 4.78 is 14.7. The van der Waals surface area contributed by atoms with E-state index in [2.05, 4.69) is 130 Å². The van der Waals surface area contributed by atoms with E-state index in [9.17, 15) is 4.39 Å². The van der Waals surface area contributed by atoms with Gasteiger partial charge in [0.2, 0.25) is 0 Å². The highest BCUT2D eigenvalue weighted by atomic mass is 32.1. The van der Waals surface area contributed by atoms with Crippen LogP contribution in [0.5, 0.6) is 0 Å². The molecule has 0 saturated carbocycles. The number of hydrogen-bond donors (Lipinski definition) is 0. The second-order valence-electron chi connectivity index (χ2n) is 13.3. The Morgan fingerprint density at radius 3 is 2.12 bits per heavy atom. The monoisotopic (exact) mass is 640 g/mol. The van der Waals surface area contributed by atoms with E-state index in [4.69, 9.17) is 9.98 Å². The van der Waals surface area contributed by atoms with Crippen molar-refractivity contribution in [1.82, 2.24) is 4.98 Å². The summed E-state index contributed by atoms with van der Waals surface area (Å²) in [5.41, 5.74) is 9.56. The van der Waals surface area contributed by atoms with E-state index in [-0.39, 0.29) is 11.2 Å². The first-order valence-corrected chi connectivity index (χ1v) is 17.0. The van der Waals surface area contributed by atoms with Crippen LogP contribution in [0.25, 0.3) is 64.6 Å². The third-order valence-corrected chi connectivity index (χ3v) is 10.0. The number of benzene rings is 7. The van der Waals surface area contributed by atoms with Gasteiger partial charge in [-0.25, -0.2) is 9.37 Å². The molecule has 0 fully saturated rings. The zero-order chi connectivity index (χ0) is 32.8. The van der Waals surface area contributed by atoms with Gasteiger partial charge in [0.15, 0.2) is 0 Å². The predicted octanol–water partition coefficient (Wildman–Crippen LogP) is 12.8. The molecule has 0 atom stereocenters. The molecule has 0 saturated heterocycles. The number of aliphatic imine (C=N–C) groups is 1. The molecule has 0 aliphatic rings. The summed E-state index contributed by atoms with van der Waals surface area (Å²) in [6, 6.07) is 47.3. The highest BCUT2D eigenvalue weighted by Gasteiger charge is 2.20. The SMILES string of the molecule is CC(C)(C)c1cc(-c2ccc3cc(-c4ccc(F)cc4)ccc3c2)c2nc(-c3ccccc3N=Cc3cccc4ccccc34)sc2c1. The first-order valence-electron chi connectivity index (χ1n) is 16.2. The predicted molar refractivity (Wildman–Crippen MR) is 203 cm³/mol. The summed E-state index contributed by atoms with van der Waals surface area (Å²) in [4.78, 5) is 10.3. The average Bonchev–Trinajstić information content (AvgIpc) is 3.54. The van der Waals surface area contributed by atoms with Crippen LogP contribution >= 0.6 is 11.3 Å². The van der Waals surface area contributed by atoms with Gasteiger partial charge in [-0.3, -0.25) is 4.99 Å². The first-order chi connectivity index (χ1) is 23.3. The highest BCUT2D eigenvalue weighted by molar-refractivity contribution is 7.21. The van der Waals surface area contributed by atoms with E-state index in [1.54, 1.807) is 11.3 Å². The summed E-state index contributed by atoms with van der Waals surface area (Å²) in [5, 5.41) is 5.62. The second-order valence-corrected chi connectivity index (χ2v) is 14.3. The lowest BCUT2D eigenvalue weighted by atomic mass is 9.85. The summed E-state index contributed by atoms with van der Waals surface area (Å²) in [7, 11) is 0. The second kappa shape index (κ2) is 12.0. The van der Waals surface area contributed by atoms with Gasteiger partial charge in [0.05, 0.1) is 15.9 Å². The maximum Gasteiger partial charge on any atom is 0.126 e. The van der Waals surface area contributed by atoms with Gasteiger partial charge in [0.25, 0.3) is 0 Å². The zero-order valence-corrected chi connectivity index (χ0v) is 27.9. The van der Waals surface area contributed by atoms with Crippen molar-refractivity contribution in [1.29, 1.82) is 0 Å². The summed E-state index contributed by atoms with van der Waals surface area (Å²) >= 11 is 1.72. The molecule has 4 heteroatoms. The van der Waals surface area contributed by atoms with Crippen molar-refractivity contribution in [2.24, 2.45) is 4.99 Å². The van der Waals surface area contributed by atoms with Gasteiger partial charge >= 0.3 is 0 Å². The molecule has 7 aromatic carbocycles. The lowest BCUT2D eigenvalue weighted by Crippen LogP contribution is -2.11. The van der Waals surface area contributed by atoms with Gasteiger partial charge in [0, 0.05) is 22.9 Å². The highest BCUT2D eigenvalue weighted by Crippen LogP contribution is 2.42. The average molecular weight is 641 g/mol. The fraction of sp³-hybridized carbons (Fsp3) is 0.0909. The molecule has 0 N–H and O–H groups in total. The van der Waals surface area contributed by atoms with E-state index >= 15 is 0 Å². The van der Waals surface area contributed by atoms with Crippen molar-refractivity contribution in [2.75, 3.05) is 0 Å². The van der Waals surface area contributed by atoms with E-state index in [1.165, 1.54) is 28.5 Å². The Hall–Kier alpha value is -5.45. The molecular formula is C44H33FN2S. The number of nitrogens with zero attached hydrogens (tertiary/aromatic N) is 2. The third-order valence-electron chi connectivity index (χ3n) is 8.99. The molecule has 0 aliphatic heterocycles. The van der Waals surface area contributed by atoms with Crippen LogP contribution in [0.3, 0.4) is 0 Å². The van der Waals surface area contributed by atoms with Crippen LogP contribution in [0, 0.1) is 5.82 Å². The Morgan fingerprint density at radius 2 is 1.31 bits per heavy atom. The molecule has 0 spiro atoms. The van der Waals surface area contributed by atoms with Gasteiger partial charge in [0.1, 0.15) is 10.8 Å². The quantitative estimate of drug-likeness (QED) is 0.172. The first kappa shape index (κ1) is 29.9. The van der Waals surface area contributed by atoms with Crippen LogP contribution < -0.4 is 0 Å². The maximum atomic E-state index is 13.5. The Bertz CT molecular complexity index is 2500. The molecule has 0 unspecified atom stereocenters. The maximum absolute atomic E-state index is 13.5. The van der Waals surface area contributed by atoms with Gasteiger partial charge in [-0.05, 0) is 97.7 Å². The molecule has 0 radical (unpaired) electrons. The lowest BCUT2D eigenvalue weighted by molar-refractivity contribution is 0.591. The van der Waals surface area contributed by atoms with Crippen LogP contribution in [0.15, 0.2) is 145 Å². The molecule has 0 aliphatic carbocycles. The molecule has 48 heavy (non-hydrogen) atoms. The molecule has 1 aromatic heterocycles. The topological polar surface area (TPSA) is 25.2 Å². The third kappa shape index (κ3) is 5.69. The fourth-order valence-electron chi connectivity index (χ4n) is 6.30. The number of fused-ring (bicyclic) bond motifs is 3. The van der Waals surface area contributed by atoms with Crippen molar-refractivity contribution >= 4 is 55.0 Å². The summed E-state index contributed by atoms with van der Waals surface area (Å²) in [5.74, 6) is -0.227. The Kier molecular flexibility index (Phi) is 7.46. The molecule has 8 aromatic rings. The van der Waals surface area contributed by atoms with Crippen molar-refractivity contribution in [3.8, 4) is 32.8 Å². The van der Waals surface area contributed by atoms with Crippen molar-refractivity contribution in [2.45, 2.75) is 26.2 Å². The van der Waals surface area contributed by atoms with Gasteiger partial charge in [-0.1, -0.05) is 112 Å². The van der Waals surface area contributed by atoms with E-state index in [0.29, 0.717) is 0 Å². The minimum absolute atomic E-state index is 0.0331.